The molecule has 0 saturated heterocycles. The van der Waals surface area contributed by atoms with Gasteiger partial charge >= 0.3 is 0 Å². The van der Waals surface area contributed by atoms with E-state index in [0.717, 1.165) is 5.69 Å². The highest BCUT2D eigenvalue weighted by molar-refractivity contribution is 6.16. The molecule has 0 bridgehead atoms. The van der Waals surface area contributed by atoms with Crippen molar-refractivity contribution in [3.05, 3.63) is 53.3 Å². The number of benzene rings is 2. The van der Waals surface area contributed by atoms with Crippen molar-refractivity contribution < 1.29 is 0 Å². The normalized spacial score (nSPS) is 11.8. The minimum atomic E-state index is 1.07. The zero-order valence-corrected chi connectivity index (χ0v) is 12.9. The second-order valence-corrected chi connectivity index (χ2v) is 5.92. The van der Waals surface area contributed by atoms with Crippen LogP contribution >= 0.6 is 0 Å². The summed E-state index contributed by atoms with van der Waals surface area (Å²) in [6, 6.07) is 10.8. The van der Waals surface area contributed by atoms with Crippen LogP contribution in [0, 0.1) is 20.8 Å². The van der Waals surface area contributed by atoms with E-state index in [0.29, 0.717) is 0 Å². The van der Waals surface area contributed by atoms with Gasteiger partial charge in [0.1, 0.15) is 0 Å². The summed E-state index contributed by atoms with van der Waals surface area (Å²) in [7, 11) is 2.16. The van der Waals surface area contributed by atoms with E-state index in [1.807, 2.05) is 6.20 Å². The second kappa shape index (κ2) is 4.08. The van der Waals surface area contributed by atoms with E-state index in [9.17, 15) is 0 Å². The zero-order chi connectivity index (χ0) is 14.7. The van der Waals surface area contributed by atoms with Gasteiger partial charge in [-0.25, -0.2) is 0 Å². The molecule has 0 unspecified atom stereocenters. The molecule has 4 aromatic rings. The molecule has 21 heavy (non-hydrogen) atoms. The summed E-state index contributed by atoms with van der Waals surface area (Å²) < 4.78 is 2.32. The van der Waals surface area contributed by atoms with Crippen LogP contribution in [0.1, 0.15) is 16.8 Å². The number of fused-ring (bicyclic) bond motifs is 4. The lowest BCUT2D eigenvalue weighted by atomic mass is 9.96. The fourth-order valence-corrected chi connectivity index (χ4v) is 3.64. The van der Waals surface area contributed by atoms with E-state index >= 15 is 0 Å². The minimum Gasteiger partial charge on any atom is -0.343 e. The molecule has 0 saturated carbocycles. The maximum absolute atomic E-state index is 4.50. The van der Waals surface area contributed by atoms with Crippen LogP contribution in [-0.4, -0.2) is 9.55 Å². The Bertz CT molecular complexity index is 1020. The Labute approximate surface area is 124 Å². The van der Waals surface area contributed by atoms with Gasteiger partial charge in [0.25, 0.3) is 0 Å². The number of nitrogens with zero attached hydrogens (tertiary/aromatic N) is 2. The molecule has 0 aliphatic rings. The molecule has 0 radical (unpaired) electrons. The quantitative estimate of drug-likeness (QED) is 0.450. The Morgan fingerprint density at radius 1 is 0.905 bits per heavy atom. The van der Waals surface area contributed by atoms with Crippen molar-refractivity contribution in [3.63, 3.8) is 0 Å². The van der Waals surface area contributed by atoms with E-state index in [2.05, 4.69) is 67.7 Å². The van der Waals surface area contributed by atoms with Gasteiger partial charge in [-0.2, -0.15) is 0 Å². The topological polar surface area (TPSA) is 17.8 Å². The first-order valence-electron chi connectivity index (χ1n) is 7.32. The molecule has 2 aromatic heterocycles. The van der Waals surface area contributed by atoms with Crippen LogP contribution in [0.2, 0.25) is 0 Å². The van der Waals surface area contributed by atoms with Crippen LogP contribution in [0.5, 0.6) is 0 Å². The number of para-hydroxylation sites is 1. The standard InChI is InChI=1S/C19H18N2/c1-11-9-15-13(3)19-18(12(2)16(15)10-20-11)14-7-5-6-8-17(14)21(19)4/h5-10H,1-4H3. The largest absolute Gasteiger partial charge is 0.343 e. The maximum Gasteiger partial charge on any atom is 0.0527 e. The zero-order valence-electron chi connectivity index (χ0n) is 12.9. The van der Waals surface area contributed by atoms with E-state index in [1.54, 1.807) is 0 Å². The molecule has 0 atom stereocenters. The average Bonchev–Trinajstić information content (AvgIpc) is 2.79. The lowest BCUT2D eigenvalue weighted by molar-refractivity contribution is 1.01. The number of hydrogen-bond donors (Lipinski definition) is 0. The molecule has 2 heterocycles. The predicted octanol–water partition coefficient (Wildman–Crippen LogP) is 4.80. The number of aryl methyl sites for hydroxylation is 4. The maximum atomic E-state index is 4.50. The van der Waals surface area contributed by atoms with Crippen molar-refractivity contribution in [2.24, 2.45) is 7.05 Å². The van der Waals surface area contributed by atoms with Crippen molar-refractivity contribution in [2.75, 3.05) is 0 Å². The summed E-state index contributed by atoms with van der Waals surface area (Å²) in [6.45, 7) is 6.50. The summed E-state index contributed by atoms with van der Waals surface area (Å²) in [4.78, 5) is 4.50. The first-order valence-corrected chi connectivity index (χ1v) is 7.32. The molecule has 4 rings (SSSR count). The van der Waals surface area contributed by atoms with Crippen LogP contribution < -0.4 is 0 Å². The van der Waals surface area contributed by atoms with E-state index in [4.69, 9.17) is 0 Å². The molecule has 2 nitrogen and oxygen atoms in total. The average molecular weight is 274 g/mol. The van der Waals surface area contributed by atoms with Gasteiger partial charge < -0.3 is 4.57 Å². The van der Waals surface area contributed by atoms with Crippen LogP contribution in [0.15, 0.2) is 36.5 Å². The molecule has 0 aliphatic heterocycles. The number of pyridine rings is 1. The molecule has 104 valence electrons. The summed E-state index contributed by atoms with van der Waals surface area (Å²) in [5.41, 5.74) is 6.37. The SMILES string of the molecule is Cc1cc2c(C)c3c(c(C)c2cn1)c1ccccc1n3C. The van der Waals surface area contributed by atoms with Gasteiger partial charge in [-0.05, 0) is 49.4 Å². The fraction of sp³-hybridized carbons (Fsp3) is 0.211. The van der Waals surface area contributed by atoms with Gasteiger partial charge in [0, 0.05) is 40.6 Å². The summed E-state index contributed by atoms with van der Waals surface area (Å²) in [6.07, 6.45) is 2.02. The summed E-state index contributed by atoms with van der Waals surface area (Å²) in [5.74, 6) is 0. The minimum absolute atomic E-state index is 1.07. The number of rotatable bonds is 0. The highest BCUT2D eigenvalue weighted by Gasteiger charge is 2.16. The van der Waals surface area contributed by atoms with Gasteiger partial charge in [-0.3, -0.25) is 4.98 Å². The van der Waals surface area contributed by atoms with Crippen LogP contribution in [-0.2, 0) is 7.05 Å². The van der Waals surface area contributed by atoms with Crippen LogP contribution in [0.4, 0.5) is 0 Å². The van der Waals surface area contributed by atoms with Crippen molar-refractivity contribution in [2.45, 2.75) is 20.8 Å². The van der Waals surface area contributed by atoms with Crippen LogP contribution in [0.25, 0.3) is 32.6 Å². The molecule has 0 amide bonds. The highest BCUT2D eigenvalue weighted by atomic mass is 14.9. The van der Waals surface area contributed by atoms with Crippen molar-refractivity contribution >= 4 is 32.6 Å². The van der Waals surface area contributed by atoms with Gasteiger partial charge in [0.15, 0.2) is 0 Å². The number of hydrogen-bond acceptors (Lipinski definition) is 1. The molecule has 0 spiro atoms. The molecule has 0 fully saturated rings. The van der Waals surface area contributed by atoms with Gasteiger partial charge in [0.05, 0.1) is 5.52 Å². The van der Waals surface area contributed by atoms with Crippen LogP contribution in [0.3, 0.4) is 0 Å². The Kier molecular flexibility index (Phi) is 2.41. The van der Waals surface area contributed by atoms with E-state index in [1.165, 1.54) is 43.7 Å². The van der Waals surface area contributed by atoms with Crippen molar-refractivity contribution in [1.82, 2.24) is 9.55 Å². The molecule has 0 N–H and O–H groups in total. The third-order valence-corrected chi connectivity index (χ3v) is 4.69. The van der Waals surface area contributed by atoms with Gasteiger partial charge in [-0.1, -0.05) is 18.2 Å². The summed E-state index contributed by atoms with van der Waals surface area (Å²) in [5, 5.41) is 5.28. The predicted molar refractivity (Wildman–Crippen MR) is 89.9 cm³/mol. The molecule has 2 heteroatoms. The van der Waals surface area contributed by atoms with E-state index in [-0.39, 0.29) is 0 Å². The fourth-order valence-electron chi connectivity index (χ4n) is 3.64. The Morgan fingerprint density at radius 3 is 2.48 bits per heavy atom. The monoisotopic (exact) mass is 274 g/mol. The first-order chi connectivity index (χ1) is 10.1. The van der Waals surface area contributed by atoms with Crippen molar-refractivity contribution in [1.29, 1.82) is 0 Å². The lowest BCUT2D eigenvalue weighted by Gasteiger charge is -2.11. The smallest absolute Gasteiger partial charge is 0.0527 e. The lowest BCUT2D eigenvalue weighted by Crippen LogP contribution is -1.93. The van der Waals surface area contributed by atoms with Gasteiger partial charge in [-0.15, -0.1) is 0 Å². The summed E-state index contributed by atoms with van der Waals surface area (Å²) >= 11 is 0. The Morgan fingerprint density at radius 2 is 1.67 bits per heavy atom. The third-order valence-electron chi connectivity index (χ3n) is 4.69. The second-order valence-electron chi connectivity index (χ2n) is 5.92. The van der Waals surface area contributed by atoms with Crippen molar-refractivity contribution in [3.8, 4) is 0 Å². The molecule has 0 aliphatic carbocycles. The molecular formula is C19H18N2. The van der Waals surface area contributed by atoms with E-state index < -0.39 is 0 Å². The molecular weight excluding hydrogens is 256 g/mol. The first kappa shape index (κ1) is 12.4. The Balaban J connectivity index is 2.40. The highest BCUT2D eigenvalue weighted by Crippen LogP contribution is 2.37. The number of aromatic nitrogens is 2. The van der Waals surface area contributed by atoms with Gasteiger partial charge in [0.2, 0.25) is 0 Å². The Hall–Kier alpha value is -2.35. The third kappa shape index (κ3) is 1.50. The molecule has 2 aromatic carbocycles.